The number of phenols is 1. The van der Waals surface area contributed by atoms with Gasteiger partial charge in [-0.3, -0.25) is 0 Å². The number of rotatable bonds is 1. The van der Waals surface area contributed by atoms with E-state index in [9.17, 15) is 5.11 Å². The van der Waals surface area contributed by atoms with Crippen molar-refractivity contribution in [2.24, 2.45) is 27.2 Å². The van der Waals surface area contributed by atoms with Crippen molar-refractivity contribution >= 4 is 17.6 Å². The lowest BCUT2D eigenvalue weighted by Crippen LogP contribution is -2.26. The zero-order valence-corrected chi connectivity index (χ0v) is 9.23. The van der Waals surface area contributed by atoms with E-state index >= 15 is 0 Å². The van der Waals surface area contributed by atoms with Crippen molar-refractivity contribution in [3.63, 3.8) is 0 Å². The molecule has 6 nitrogen and oxygen atoms in total. The Balaban J connectivity index is 3.15. The third-order valence-electron chi connectivity index (χ3n) is 2.07. The van der Waals surface area contributed by atoms with Crippen LogP contribution in [-0.2, 0) is 0 Å². The van der Waals surface area contributed by atoms with Gasteiger partial charge in [0.2, 0.25) is 5.96 Å². The van der Waals surface area contributed by atoms with Crippen LogP contribution in [0.1, 0.15) is 11.1 Å². The van der Waals surface area contributed by atoms with E-state index in [1.54, 1.807) is 12.1 Å². The summed E-state index contributed by atoms with van der Waals surface area (Å²) in [5.41, 5.74) is 18.0. The van der Waals surface area contributed by atoms with Crippen LogP contribution >= 0.6 is 0 Å². The van der Waals surface area contributed by atoms with Crippen LogP contribution in [0.4, 0.5) is 5.69 Å². The summed E-state index contributed by atoms with van der Waals surface area (Å²) in [7, 11) is 0. The summed E-state index contributed by atoms with van der Waals surface area (Å²) in [6.45, 7) is 3.80. The standard InChI is InChI=1S/C10H15N5O/c1-5-3-7(8(16)4-6(5)2)14-10(13)15-9(11)12/h3-4,16H,1-2H3,(H6,11,12,13,14,15). The number of nitrogens with zero attached hydrogens (tertiary/aromatic N) is 2. The normalized spacial score (nSPS) is 11.2. The van der Waals surface area contributed by atoms with Crippen LogP contribution in [-0.4, -0.2) is 17.0 Å². The first kappa shape index (κ1) is 11.8. The molecule has 0 fully saturated rings. The molecule has 0 radical (unpaired) electrons. The van der Waals surface area contributed by atoms with Gasteiger partial charge in [0, 0.05) is 0 Å². The smallest absolute Gasteiger partial charge is 0.223 e. The largest absolute Gasteiger partial charge is 0.506 e. The highest BCUT2D eigenvalue weighted by atomic mass is 16.3. The molecule has 7 N–H and O–H groups in total. The van der Waals surface area contributed by atoms with E-state index in [2.05, 4.69) is 9.98 Å². The summed E-state index contributed by atoms with van der Waals surface area (Å²) in [6, 6.07) is 3.32. The lowest BCUT2D eigenvalue weighted by atomic mass is 10.1. The Morgan fingerprint density at radius 1 is 1.12 bits per heavy atom. The van der Waals surface area contributed by atoms with Crippen LogP contribution in [0.3, 0.4) is 0 Å². The maximum absolute atomic E-state index is 9.63. The van der Waals surface area contributed by atoms with E-state index in [1.165, 1.54) is 0 Å². The quantitative estimate of drug-likeness (QED) is 0.400. The molecule has 0 aliphatic rings. The Bertz CT molecular complexity index is 461. The van der Waals surface area contributed by atoms with Gasteiger partial charge in [0.05, 0.1) is 0 Å². The molecule has 16 heavy (non-hydrogen) atoms. The average molecular weight is 221 g/mol. The topological polar surface area (TPSA) is 123 Å². The predicted molar refractivity (Wildman–Crippen MR) is 64.7 cm³/mol. The summed E-state index contributed by atoms with van der Waals surface area (Å²) in [6.07, 6.45) is 0. The third-order valence-corrected chi connectivity index (χ3v) is 2.07. The first-order valence-electron chi connectivity index (χ1n) is 4.64. The Morgan fingerprint density at radius 2 is 1.69 bits per heavy atom. The number of hydrogen-bond acceptors (Lipinski definition) is 2. The zero-order chi connectivity index (χ0) is 12.3. The molecule has 1 aromatic carbocycles. The van der Waals surface area contributed by atoms with Gasteiger partial charge in [-0.2, -0.15) is 4.99 Å². The minimum absolute atomic E-state index is 0.0387. The van der Waals surface area contributed by atoms with Crippen molar-refractivity contribution in [2.75, 3.05) is 0 Å². The van der Waals surface area contributed by atoms with Crippen molar-refractivity contribution in [2.45, 2.75) is 13.8 Å². The van der Waals surface area contributed by atoms with Gasteiger partial charge < -0.3 is 22.3 Å². The summed E-state index contributed by atoms with van der Waals surface area (Å²) >= 11 is 0. The lowest BCUT2D eigenvalue weighted by Gasteiger charge is -2.04. The zero-order valence-electron chi connectivity index (χ0n) is 9.23. The highest BCUT2D eigenvalue weighted by Crippen LogP contribution is 2.29. The van der Waals surface area contributed by atoms with E-state index in [4.69, 9.17) is 17.2 Å². The molecule has 0 aliphatic heterocycles. The Labute approximate surface area is 93.5 Å². The van der Waals surface area contributed by atoms with Crippen LogP contribution in [0.15, 0.2) is 22.1 Å². The first-order valence-corrected chi connectivity index (χ1v) is 4.64. The van der Waals surface area contributed by atoms with E-state index in [0.717, 1.165) is 11.1 Å². The predicted octanol–water partition coefficient (Wildman–Crippen LogP) is 0.229. The molecule has 0 bridgehead atoms. The van der Waals surface area contributed by atoms with Crippen LogP contribution in [0, 0.1) is 13.8 Å². The van der Waals surface area contributed by atoms with Crippen molar-refractivity contribution in [1.29, 1.82) is 0 Å². The average Bonchev–Trinajstić information content (AvgIpc) is 2.12. The maximum atomic E-state index is 9.63. The fourth-order valence-electron chi connectivity index (χ4n) is 1.16. The molecule has 1 aromatic rings. The van der Waals surface area contributed by atoms with Crippen molar-refractivity contribution in [1.82, 2.24) is 0 Å². The molecule has 1 rings (SSSR count). The minimum Gasteiger partial charge on any atom is -0.506 e. The van der Waals surface area contributed by atoms with Gasteiger partial charge in [-0.15, -0.1) is 0 Å². The number of aryl methyl sites for hydroxylation is 2. The summed E-state index contributed by atoms with van der Waals surface area (Å²) in [4.78, 5) is 7.45. The molecular formula is C10H15N5O. The molecular weight excluding hydrogens is 206 g/mol. The number of nitrogens with two attached hydrogens (primary N) is 3. The number of guanidine groups is 2. The Morgan fingerprint density at radius 3 is 2.25 bits per heavy atom. The van der Waals surface area contributed by atoms with Gasteiger partial charge in [-0.05, 0) is 37.1 Å². The van der Waals surface area contributed by atoms with E-state index in [1.807, 2.05) is 13.8 Å². The van der Waals surface area contributed by atoms with Gasteiger partial charge in [-0.25, -0.2) is 4.99 Å². The molecule has 0 aliphatic carbocycles. The fraction of sp³-hybridized carbons (Fsp3) is 0.200. The van der Waals surface area contributed by atoms with Crippen LogP contribution < -0.4 is 17.2 Å². The van der Waals surface area contributed by atoms with Crippen molar-refractivity contribution in [3.8, 4) is 5.75 Å². The highest BCUT2D eigenvalue weighted by molar-refractivity contribution is 5.93. The van der Waals surface area contributed by atoms with Gasteiger partial charge in [0.1, 0.15) is 11.4 Å². The Hall–Kier alpha value is -2.24. The van der Waals surface area contributed by atoms with Crippen LogP contribution in [0.5, 0.6) is 5.75 Å². The SMILES string of the molecule is Cc1cc(O)c(N=C(N)N=C(N)N)cc1C. The van der Waals surface area contributed by atoms with Gasteiger partial charge >= 0.3 is 0 Å². The molecule has 0 amide bonds. The second-order valence-corrected chi connectivity index (χ2v) is 3.43. The highest BCUT2D eigenvalue weighted by Gasteiger charge is 2.03. The van der Waals surface area contributed by atoms with Crippen molar-refractivity contribution in [3.05, 3.63) is 23.3 Å². The van der Waals surface area contributed by atoms with Crippen LogP contribution in [0.2, 0.25) is 0 Å². The minimum atomic E-state index is -0.176. The third kappa shape index (κ3) is 2.88. The van der Waals surface area contributed by atoms with Gasteiger partial charge in [0.15, 0.2) is 5.96 Å². The molecule has 0 unspecified atom stereocenters. The number of aliphatic imine (C=N–C) groups is 2. The molecule has 0 spiro atoms. The van der Waals surface area contributed by atoms with Crippen molar-refractivity contribution < 1.29 is 5.11 Å². The van der Waals surface area contributed by atoms with E-state index in [0.29, 0.717) is 5.69 Å². The monoisotopic (exact) mass is 221 g/mol. The summed E-state index contributed by atoms with van der Waals surface area (Å²) in [5.74, 6) is -0.236. The second-order valence-electron chi connectivity index (χ2n) is 3.43. The van der Waals surface area contributed by atoms with E-state index in [-0.39, 0.29) is 17.7 Å². The number of benzene rings is 1. The second kappa shape index (κ2) is 4.52. The molecule has 0 heterocycles. The Kier molecular flexibility index (Phi) is 3.34. The van der Waals surface area contributed by atoms with Gasteiger partial charge in [-0.1, -0.05) is 0 Å². The van der Waals surface area contributed by atoms with Gasteiger partial charge in [0.25, 0.3) is 0 Å². The maximum Gasteiger partial charge on any atom is 0.223 e. The number of phenolic OH excluding ortho intramolecular Hbond substituents is 1. The molecule has 6 heteroatoms. The fourth-order valence-corrected chi connectivity index (χ4v) is 1.16. The number of hydrogen-bond donors (Lipinski definition) is 4. The molecule has 0 saturated carbocycles. The summed E-state index contributed by atoms with van der Waals surface area (Å²) < 4.78 is 0. The van der Waals surface area contributed by atoms with E-state index < -0.39 is 0 Å². The number of aromatic hydroxyl groups is 1. The summed E-state index contributed by atoms with van der Waals surface area (Å²) in [5, 5.41) is 9.63. The van der Waals surface area contributed by atoms with Crippen LogP contribution in [0.25, 0.3) is 0 Å². The molecule has 0 atom stereocenters. The first-order chi connectivity index (χ1) is 7.40. The molecule has 0 aromatic heterocycles. The molecule has 0 saturated heterocycles. The molecule has 86 valence electrons. The lowest BCUT2D eigenvalue weighted by molar-refractivity contribution is 0.476.